The summed E-state index contributed by atoms with van der Waals surface area (Å²) in [7, 11) is 0. The number of rotatable bonds is 2. The third-order valence-electron chi connectivity index (χ3n) is 0.535. The molecule has 4 heteroatoms. The minimum absolute atomic E-state index is 0.0619. The first-order valence-electron chi connectivity index (χ1n) is 2.19. The molecule has 2 N–H and O–H groups in total. The van der Waals surface area contributed by atoms with Crippen LogP contribution in [-0.2, 0) is 4.74 Å². The van der Waals surface area contributed by atoms with E-state index in [-0.39, 0.29) is 6.10 Å². The predicted octanol–water partition coefficient (Wildman–Crippen LogP) is 0.905. The average molecular weight is 229 g/mol. The molecule has 0 saturated heterocycles. The molecule has 0 radical (unpaired) electrons. The Morgan fingerprint density at radius 1 is 2.00 bits per heavy atom. The third kappa shape index (κ3) is 4.17. The van der Waals surface area contributed by atoms with E-state index in [9.17, 15) is 4.79 Å². The largest absolute Gasteiger partial charge is 0.446 e. The zero-order valence-corrected chi connectivity index (χ0v) is 6.71. The Morgan fingerprint density at radius 2 is 2.50 bits per heavy atom. The fourth-order valence-electron chi connectivity index (χ4n) is 0.230. The Kier molecular flexibility index (Phi) is 3.94. The normalized spacial score (nSPS) is 12.8. The third-order valence-corrected chi connectivity index (χ3v) is 1.78. The highest BCUT2D eigenvalue weighted by Gasteiger charge is 2.00. The zero-order valence-electron chi connectivity index (χ0n) is 4.56. The molecule has 48 valence electrons. The summed E-state index contributed by atoms with van der Waals surface area (Å²) < 4.78 is 5.31. The van der Waals surface area contributed by atoms with Gasteiger partial charge in [-0.1, -0.05) is 22.6 Å². The van der Waals surface area contributed by atoms with Gasteiger partial charge in [0.05, 0.1) is 0 Å². The maximum atomic E-state index is 9.97. The standard InChI is InChI=1S/C4H8INO2/c1-3(2-5)8-4(6)7/h3H,2H2,1H3,(H2,6,7)/t3-/m0/s1. The summed E-state index contributed by atoms with van der Waals surface area (Å²) in [6.07, 6.45) is -0.762. The Hall–Kier alpha value is 0. The van der Waals surface area contributed by atoms with Gasteiger partial charge in [-0.3, -0.25) is 0 Å². The fraction of sp³-hybridized carbons (Fsp3) is 0.750. The molecule has 1 atom stereocenters. The molecule has 0 aromatic heterocycles. The summed E-state index contributed by atoms with van der Waals surface area (Å²) in [6, 6.07) is 0. The lowest BCUT2D eigenvalue weighted by Crippen LogP contribution is -2.20. The van der Waals surface area contributed by atoms with Gasteiger partial charge in [0.1, 0.15) is 6.10 Å². The Morgan fingerprint density at radius 3 is 2.62 bits per heavy atom. The number of amides is 1. The molecule has 0 aromatic carbocycles. The van der Waals surface area contributed by atoms with E-state index in [0.29, 0.717) is 0 Å². The van der Waals surface area contributed by atoms with Crippen LogP contribution in [0, 0.1) is 0 Å². The predicted molar refractivity (Wildman–Crippen MR) is 39.0 cm³/mol. The maximum absolute atomic E-state index is 9.97. The molecule has 0 spiro atoms. The maximum Gasteiger partial charge on any atom is 0.404 e. The molecule has 3 nitrogen and oxygen atoms in total. The summed E-state index contributed by atoms with van der Waals surface area (Å²) in [5.74, 6) is 0. The lowest BCUT2D eigenvalue weighted by Gasteiger charge is -2.05. The van der Waals surface area contributed by atoms with Crippen LogP contribution in [0.1, 0.15) is 6.92 Å². The van der Waals surface area contributed by atoms with Gasteiger partial charge >= 0.3 is 6.09 Å². The molecule has 0 heterocycles. The van der Waals surface area contributed by atoms with Crippen molar-refractivity contribution in [2.75, 3.05) is 4.43 Å². The highest BCUT2D eigenvalue weighted by Crippen LogP contribution is 1.94. The monoisotopic (exact) mass is 229 g/mol. The van der Waals surface area contributed by atoms with E-state index in [1.54, 1.807) is 6.92 Å². The van der Waals surface area contributed by atoms with Crippen molar-refractivity contribution in [1.29, 1.82) is 0 Å². The van der Waals surface area contributed by atoms with Gasteiger partial charge in [0.2, 0.25) is 0 Å². The number of alkyl halides is 1. The topological polar surface area (TPSA) is 52.3 Å². The van der Waals surface area contributed by atoms with Crippen molar-refractivity contribution in [2.24, 2.45) is 5.73 Å². The summed E-state index contributed by atoms with van der Waals surface area (Å²) in [6.45, 7) is 1.79. The highest BCUT2D eigenvalue weighted by atomic mass is 127. The van der Waals surface area contributed by atoms with Crippen molar-refractivity contribution in [3.05, 3.63) is 0 Å². The second-order valence-corrected chi connectivity index (χ2v) is 2.28. The van der Waals surface area contributed by atoms with Crippen molar-refractivity contribution in [3.63, 3.8) is 0 Å². The quantitative estimate of drug-likeness (QED) is 0.565. The van der Waals surface area contributed by atoms with Crippen molar-refractivity contribution in [1.82, 2.24) is 0 Å². The van der Waals surface area contributed by atoms with Crippen LogP contribution in [0.15, 0.2) is 0 Å². The number of ether oxygens (including phenoxy) is 1. The molecule has 0 aliphatic carbocycles. The van der Waals surface area contributed by atoms with Crippen LogP contribution in [0.4, 0.5) is 4.79 Å². The van der Waals surface area contributed by atoms with Gasteiger partial charge in [-0.2, -0.15) is 0 Å². The van der Waals surface area contributed by atoms with Gasteiger partial charge in [0, 0.05) is 4.43 Å². The van der Waals surface area contributed by atoms with Gasteiger partial charge in [-0.15, -0.1) is 0 Å². The van der Waals surface area contributed by atoms with Crippen LogP contribution in [0.3, 0.4) is 0 Å². The summed E-state index contributed by atoms with van der Waals surface area (Å²) >= 11 is 2.11. The molecule has 0 saturated carbocycles. The van der Waals surface area contributed by atoms with Crippen molar-refractivity contribution >= 4 is 28.7 Å². The van der Waals surface area contributed by atoms with Crippen LogP contribution in [0.2, 0.25) is 0 Å². The fourth-order valence-corrected chi connectivity index (χ4v) is 0.410. The summed E-state index contributed by atoms with van der Waals surface area (Å²) in [4.78, 5) is 9.97. The number of hydrogen-bond acceptors (Lipinski definition) is 2. The van der Waals surface area contributed by atoms with Gasteiger partial charge in [-0.25, -0.2) is 4.79 Å². The van der Waals surface area contributed by atoms with Gasteiger partial charge in [0.15, 0.2) is 0 Å². The van der Waals surface area contributed by atoms with Crippen LogP contribution >= 0.6 is 22.6 Å². The van der Waals surface area contributed by atoms with Crippen molar-refractivity contribution in [3.8, 4) is 0 Å². The van der Waals surface area contributed by atoms with E-state index in [2.05, 4.69) is 27.3 Å². The number of nitrogens with two attached hydrogens (primary N) is 1. The molecular formula is C4H8INO2. The number of hydrogen-bond donors (Lipinski definition) is 1. The molecule has 0 aliphatic heterocycles. The van der Waals surface area contributed by atoms with E-state index in [1.807, 2.05) is 0 Å². The van der Waals surface area contributed by atoms with E-state index in [0.717, 1.165) is 4.43 Å². The number of halogens is 1. The lowest BCUT2D eigenvalue weighted by molar-refractivity contribution is 0.128. The Labute approximate surface area is 61.7 Å². The Bertz CT molecular complexity index is 86.1. The average Bonchev–Trinajstić information content (AvgIpc) is 1.65. The van der Waals surface area contributed by atoms with Crippen molar-refractivity contribution in [2.45, 2.75) is 13.0 Å². The smallest absolute Gasteiger partial charge is 0.404 e. The first-order chi connectivity index (χ1) is 3.66. The molecule has 0 bridgehead atoms. The van der Waals surface area contributed by atoms with Crippen LogP contribution in [0.25, 0.3) is 0 Å². The molecule has 0 aliphatic rings. The van der Waals surface area contributed by atoms with E-state index in [1.165, 1.54) is 0 Å². The first kappa shape index (κ1) is 8.00. The van der Waals surface area contributed by atoms with E-state index in [4.69, 9.17) is 5.73 Å². The molecule has 0 rings (SSSR count). The molecule has 0 aromatic rings. The highest BCUT2D eigenvalue weighted by molar-refractivity contribution is 14.1. The van der Waals surface area contributed by atoms with E-state index < -0.39 is 6.09 Å². The first-order valence-corrected chi connectivity index (χ1v) is 3.71. The minimum Gasteiger partial charge on any atom is -0.446 e. The van der Waals surface area contributed by atoms with Crippen LogP contribution in [0.5, 0.6) is 0 Å². The number of carbonyl (C=O) groups is 1. The number of primary amides is 1. The summed E-state index contributed by atoms with van der Waals surface area (Å²) in [5, 5.41) is 0. The Balaban J connectivity index is 3.24. The minimum atomic E-state index is -0.700. The molecular weight excluding hydrogens is 221 g/mol. The second-order valence-electron chi connectivity index (χ2n) is 1.40. The van der Waals surface area contributed by atoms with E-state index >= 15 is 0 Å². The molecule has 8 heavy (non-hydrogen) atoms. The summed E-state index contributed by atoms with van der Waals surface area (Å²) in [5.41, 5.74) is 4.70. The lowest BCUT2D eigenvalue weighted by atomic mass is 10.5. The zero-order chi connectivity index (χ0) is 6.57. The second kappa shape index (κ2) is 3.94. The molecule has 0 fully saturated rings. The van der Waals surface area contributed by atoms with Gasteiger partial charge in [0.25, 0.3) is 0 Å². The molecule has 1 amide bonds. The van der Waals surface area contributed by atoms with Gasteiger partial charge in [-0.05, 0) is 6.92 Å². The van der Waals surface area contributed by atoms with Gasteiger partial charge < -0.3 is 10.5 Å². The number of carbonyl (C=O) groups excluding carboxylic acids is 1. The van der Waals surface area contributed by atoms with Crippen LogP contribution < -0.4 is 5.73 Å². The SMILES string of the molecule is C[C@@H](CI)OC(N)=O. The van der Waals surface area contributed by atoms with Crippen molar-refractivity contribution < 1.29 is 9.53 Å². The molecule has 0 unspecified atom stereocenters. The van der Waals surface area contributed by atoms with Crippen LogP contribution in [-0.4, -0.2) is 16.6 Å².